The van der Waals surface area contributed by atoms with Crippen LogP contribution in [-0.4, -0.2) is 25.4 Å². The van der Waals surface area contributed by atoms with Crippen LogP contribution in [0.1, 0.15) is 12.0 Å². The van der Waals surface area contributed by atoms with E-state index in [1.165, 1.54) is 4.57 Å². The lowest BCUT2D eigenvalue weighted by Crippen LogP contribution is -2.25. The first-order valence-corrected chi connectivity index (χ1v) is 10.0. The fourth-order valence-electron chi connectivity index (χ4n) is 3.05. The predicted molar refractivity (Wildman–Crippen MR) is 119 cm³/mol. The normalized spacial score (nSPS) is 10.7. The average molecular weight is 433 g/mol. The molecular weight excluding hydrogens is 414 g/mol. The number of nitrogens with zero attached hydrogens (tertiary/aromatic N) is 3. The molecule has 1 amide bonds. The SMILES string of the molecule is O=C(CCn1c(=S)[nH]c2ccccc2c1=O)Nc1ncccc1OCc1ccncc1. The van der Waals surface area contributed by atoms with E-state index in [-0.39, 0.29) is 29.2 Å². The molecule has 0 fully saturated rings. The van der Waals surface area contributed by atoms with E-state index >= 15 is 0 Å². The molecule has 0 aliphatic heterocycles. The second-order valence-corrected chi connectivity index (χ2v) is 7.11. The summed E-state index contributed by atoms with van der Waals surface area (Å²) in [6.07, 6.45) is 4.99. The monoisotopic (exact) mass is 433 g/mol. The van der Waals surface area contributed by atoms with Crippen molar-refractivity contribution in [1.29, 1.82) is 0 Å². The van der Waals surface area contributed by atoms with E-state index in [0.29, 0.717) is 29.1 Å². The topological polar surface area (TPSA) is 102 Å². The molecule has 0 radical (unpaired) electrons. The number of aromatic nitrogens is 4. The van der Waals surface area contributed by atoms with E-state index in [4.69, 9.17) is 17.0 Å². The van der Waals surface area contributed by atoms with Gasteiger partial charge in [0, 0.05) is 31.6 Å². The molecule has 4 rings (SSSR count). The van der Waals surface area contributed by atoms with Crippen molar-refractivity contribution in [2.45, 2.75) is 19.6 Å². The van der Waals surface area contributed by atoms with Crippen LogP contribution in [-0.2, 0) is 17.9 Å². The molecular formula is C22H19N5O3S. The van der Waals surface area contributed by atoms with Gasteiger partial charge in [0.05, 0.1) is 10.9 Å². The molecule has 0 bridgehead atoms. The molecule has 3 heterocycles. The standard InChI is InChI=1S/C22H19N5O3S/c28-19(9-13-27-21(29)16-4-1-2-5-17(16)25-22(27)31)26-20-18(6-3-10-24-20)30-14-15-7-11-23-12-8-15/h1-8,10-12H,9,13-14H2,(H,25,31)(H,24,26,28). The van der Waals surface area contributed by atoms with E-state index in [9.17, 15) is 9.59 Å². The highest BCUT2D eigenvalue weighted by atomic mass is 32.1. The number of H-pyrrole nitrogens is 1. The number of fused-ring (bicyclic) bond motifs is 1. The van der Waals surface area contributed by atoms with E-state index < -0.39 is 0 Å². The number of rotatable bonds is 7. The molecule has 2 N–H and O–H groups in total. The molecule has 9 heteroatoms. The number of amides is 1. The molecule has 31 heavy (non-hydrogen) atoms. The van der Waals surface area contributed by atoms with Crippen molar-refractivity contribution in [3.8, 4) is 5.75 Å². The van der Waals surface area contributed by atoms with Gasteiger partial charge in [0.15, 0.2) is 16.3 Å². The van der Waals surface area contributed by atoms with Crippen molar-refractivity contribution >= 4 is 34.8 Å². The number of anilines is 1. The van der Waals surface area contributed by atoms with Gasteiger partial charge in [-0.25, -0.2) is 4.98 Å². The molecule has 1 aromatic carbocycles. The first-order valence-electron chi connectivity index (χ1n) is 9.60. The van der Waals surface area contributed by atoms with Gasteiger partial charge < -0.3 is 15.0 Å². The second kappa shape index (κ2) is 9.31. The van der Waals surface area contributed by atoms with Gasteiger partial charge in [0.2, 0.25) is 5.91 Å². The number of pyridine rings is 2. The summed E-state index contributed by atoms with van der Waals surface area (Å²) in [7, 11) is 0. The number of para-hydroxylation sites is 1. The number of carbonyl (C=O) groups excluding carboxylic acids is 1. The zero-order valence-electron chi connectivity index (χ0n) is 16.4. The Balaban J connectivity index is 1.44. The van der Waals surface area contributed by atoms with Crippen LogP contribution in [0.25, 0.3) is 10.9 Å². The lowest BCUT2D eigenvalue weighted by atomic mass is 10.2. The third kappa shape index (κ3) is 4.84. The van der Waals surface area contributed by atoms with Gasteiger partial charge in [-0.2, -0.15) is 0 Å². The number of ether oxygens (including phenoxy) is 1. The number of aromatic amines is 1. The summed E-state index contributed by atoms with van der Waals surface area (Å²) in [6.45, 7) is 0.462. The Kier molecular flexibility index (Phi) is 6.13. The third-order valence-corrected chi connectivity index (χ3v) is 4.95. The summed E-state index contributed by atoms with van der Waals surface area (Å²) >= 11 is 5.29. The lowest BCUT2D eigenvalue weighted by Gasteiger charge is -2.12. The van der Waals surface area contributed by atoms with Gasteiger partial charge in [0.1, 0.15) is 6.61 Å². The van der Waals surface area contributed by atoms with Gasteiger partial charge in [0.25, 0.3) is 5.56 Å². The highest BCUT2D eigenvalue weighted by molar-refractivity contribution is 7.71. The minimum absolute atomic E-state index is 0.0517. The van der Waals surface area contributed by atoms with Crippen LogP contribution in [0.15, 0.2) is 71.9 Å². The summed E-state index contributed by atoms with van der Waals surface area (Å²) in [6, 6.07) is 14.3. The maximum absolute atomic E-state index is 12.7. The minimum Gasteiger partial charge on any atom is -0.485 e. The molecule has 0 spiro atoms. The van der Waals surface area contributed by atoms with Crippen LogP contribution < -0.4 is 15.6 Å². The van der Waals surface area contributed by atoms with Crippen LogP contribution in [0.5, 0.6) is 5.75 Å². The molecule has 0 saturated carbocycles. The van der Waals surface area contributed by atoms with Gasteiger partial charge in [-0.05, 0) is 54.2 Å². The molecule has 4 aromatic rings. The van der Waals surface area contributed by atoms with Crippen LogP contribution in [0.2, 0.25) is 0 Å². The molecule has 8 nitrogen and oxygen atoms in total. The van der Waals surface area contributed by atoms with Crippen molar-refractivity contribution < 1.29 is 9.53 Å². The van der Waals surface area contributed by atoms with E-state index in [1.54, 1.807) is 48.9 Å². The van der Waals surface area contributed by atoms with Crippen molar-refractivity contribution in [3.05, 3.63) is 87.8 Å². The molecule has 3 aromatic heterocycles. The van der Waals surface area contributed by atoms with Crippen LogP contribution in [0.3, 0.4) is 0 Å². The van der Waals surface area contributed by atoms with Crippen molar-refractivity contribution in [2.75, 3.05) is 5.32 Å². The fraction of sp³-hybridized carbons (Fsp3) is 0.136. The first kappa shape index (κ1) is 20.4. The quantitative estimate of drug-likeness (QED) is 0.433. The van der Waals surface area contributed by atoms with Crippen LogP contribution >= 0.6 is 12.2 Å². The smallest absolute Gasteiger partial charge is 0.262 e. The number of hydrogen-bond donors (Lipinski definition) is 2. The third-order valence-electron chi connectivity index (χ3n) is 4.62. The summed E-state index contributed by atoms with van der Waals surface area (Å²) in [5.41, 5.74) is 1.38. The van der Waals surface area contributed by atoms with Gasteiger partial charge in [-0.1, -0.05) is 12.1 Å². The van der Waals surface area contributed by atoms with Crippen molar-refractivity contribution in [3.63, 3.8) is 0 Å². The van der Waals surface area contributed by atoms with Gasteiger partial charge >= 0.3 is 0 Å². The summed E-state index contributed by atoms with van der Waals surface area (Å²) in [4.78, 5) is 36.4. The highest BCUT2D eigenvalue weighted by Gasteiger charge is 2.11. The van der Waals surface area contributed by atoms with Gasteiger partial charge in [-0.3, -0.25) is 19.1 Å². The summed E-state index contributed by atoms with van der Waals surface area (Å²) < 4.78 is 7.45. The Morgan fingerprint density at radius 2 is 1.90 bits per heavy atom. The Morgan fingerprint density at radius 3 is 2.74 bits per heavy atom. The highest BCUT2D eigenvalue weighted by Crippen LogP contribution is 2.22. The van der Waals surface area contributed by atoms with Crippen molar-refractivity contribution in [2.24, 2.45) is 0 Å². The molecule has 0 aliphatic rings. The fourth-order valence-corrected chi connectivity index (χ4v) is 3.34. The summed E-state index contributed by atoms with van der Waals surface area (Å²) in [5.74, 6) is 0.465. The zero-order valence-corrected chi connectivity index (χ0v) is 17.3. The molecule has 0 unspecified atom stereocenters. The maximum atomic E-state index is 12.7. The van der Waals surface area contributed by atoms with Gasteiger partial charge in [-0.15, -0.1) is 0 Å². The van der Waals surface area contributed by atoms with Crippen LogP contribution in [0.4, 0.5) is 5.82 Å². The van der Waals surface area contributed by atoms with E-state index in [0.717, 1.165) is 5.56 Å². The number of benzene rings is 1. The average Bonchev–Trinajstić information content (AvgIpc) is 2.79. The number of carbonyl (C=O) groups is 1. The Bertz CT molecular complexity index is 1330. The van der Waals surface area contributed by atoms with Crippen LogP contribution in [0, 0.1) is 4.77 Å². The summed E-state index contributed by atoms with van der Waals surface area (Å²) in [5, 5.41) is 3.27. The van der Waals surface area contributed by atoms with E-state index in [2.05, 4.69) is 20.3 Å². The zero-order chi connectivity index (χ0) is 21.6. The first-order chi connectivity index (χ1) is 15.1. The Labute approximate surface area is 182 Å². The second-order valence-electron chi connectivity index (χ2n) is 6.72. The van der Waals surface area contributed by atoms with E-state index in [1.807, 2.05) is 18.2 Å². The Morgan fingerprint density at radius 1 is 1.10 bits per heavy atom. The number of nitrogens with one attached hydrogen (secondary N) is 2. The lowest BCUT2D eigenvalue weighted by molar-refractivity contribution is -0.116. The molecule has 0 saturated heterocycles. The largest absolute Gasteiger partial charge is 0.485 e. The predicted octanol–water partition coefficient (Wildman–Crippen LogP) is 3.46. The minimum atomic E-state index is -0.304. The molecule has 156 valence electrons. The Hall–Kier alpha value is -3.85. The number of hydrogen-bond acceptors (Lipinski definition) is 6. The molecule has 0 atom stereocenters. The molecule has 0 aliphatic carbocycles. The van der Waals surface area contributed by atoms with Crippen molar-refractivity contribution in [1.82, 2.24) is 19.5 Å². The maximum Gasteiger partial charge on any atom is 0.262 e.